The Morgan fingerprint density at radius 1 is 1.26 bits per heavy atom. The zero-order valence-corrected chi connectivity index (χ0v) is 18.6. The van der Waals surface area contributed by atoms with E-state index >= 15 is 0 Å². The SMILES string of the molecule is C[C@@]1(C(=O)Nc2ccc(F)nc2)CCCN1c1nc(Nc2cc(C3CC3)[nH]n2)n2cccc2n1. The Balaban J connectivity index is 1.31. The number of anilines is 4. The molecule has 0 radical (unpaired) electrons. The topological polar surface area (TPSA) is 116 Å². The van der Waals surface area contributed by atoms with Gasteiger partial charge in [-0.25, -0.2) is 4.98 Å². The average molecular weight is 462 g/mol. The number of fused-ring (bicyclic) bond motifs is 1. The molecule has 4 aromatic rings. The molecule has 0 aromatic carbocycles. The molecule has 4 aromatic heterocycles. The van der Waals surface area contributed by atoms with E-state index in [1.807, 2.05) is 40.6 Å². The van der Waals surface area contributed by atoms with E-state index in [-0.39, 0.29) is 5.91 Å². The fraction of sp³-hybridized carbons (Fsp3) is 0.348. The molecule has 3 N–H and O–H groups in total. The fourth-order valence-electron chi connectivity index (χ4n) is 4.48. The molecule has 0 unspecified atom stereocenters. The molecule has 2 aliphatic rings. The zero-order chi connectivity index (χ0) is 23.3. The Labute approximate surface area is 194 Å². The van der Waals surface area contributed by atoms with E-state index in [9.17, 15) is 9.18 Å². The number of carbonyl (C=O) groups excluding carboxylic acids is 1. The Morgan fingerprint density at radius 2 is 2.15 bits per heavy atom. The summed E-state index contributed by atoms with van der Waals surface area (Å²) in [6.45, 7) is 2.51. The maximum atomic E-state index is 13.3. The van der Waals surface area contributed by atoms with E-state index in [4.69, 9.17) is 9.97 Å². The molecule has 1 aliphatic heterocycles. The van der Waals surface area contributed by atoms with Crippen molar-refractivity contribution in [3.63, 3.8) is 0 Å². The van der Waals surface area contributed by atoms with Gasteiger partial charge in [0, 0.05) is 30.4 Å². The molecule has 2 fully saturated rings. The van der Waals surface area contributed by atoms with Gasteiger partial charge in [0.1, 0.15) is 11.2 Å². The minimum Gasteiger partial charge on any atom is -0.326 e. The lowest BCUT2D eigenvalue weighted by Gasteiger charge is -2.34. The summed E-state index contributed by atoms with van der Waals surface area (Å²) < 4.78 is 15.0. The van der Waals surface area contributed by atoms with Crippen LogP contribution in [0, 0.1) is 5.95 Å². The number of H-pyrrole nitrogens is 1. The summed E-state index contributed by atoms with van der Waals surface area (Å²) in [4.78, 5) is 28.4. The van der Waals surface area contributed by atoms with E-state index in [1.54, 1.807) is 0 Å². The second kappa shape index (κ2) is 7.79. The standard InChI is InChI=1S/C23H24FN9O/c1-23(20(34)26-15-7-8-17(24)25-13-15)9-3-11-33(23)22-28-19-4-2-10-32(19)21(29-22)27-18-12-16(30-31-18)14-5-6-14/h2,4,7-8,10,12-14H,3,5-6,9,11H2,1H3,(H,26,34)(H2,27,28,29,30,31)/t23-/m0/s1. The third kappa shape index (κ3) is 3.62. The lowest BCUT2D eigenvalue weighted by Crippen LogP contribution is -2.51. The summed E-state index contributed by atoms with van der Waals surface area (Å²) in [5.41, 5.74) is 1.40. The van der Waals surface area contributed by atoms with Crippen molar-refractivity contribution in [2.75, 3.05) is 22.1 Å². The lowest BCUT2D eigenvalue weighted by molar-refractivity contribution is -0.120. The van der Waals surface area contributed by atoms with Crippen molar-refractivity contribution in [1.29, 1.82) is 0 Å². The van der Waals surface area contributed by atoms with Crippen LogP contribution in [0.25, 0.3) is 5.65 Å². The third-order valence-electron chi connectivity index (χ3n) is 6.59. The Kier molecular flexibility index (Phi) is 4.71. The fourth-order valence-corrected chi connectivity index (χ4v) is 4.48. The zero-order valence-electron chi connectivity index (χ0n) is 18.6. The van der Waals surface area contributed by atoms with Gasteiger partial charge in [-0.1, -0.05) is 0 Å². The van der Waals surface area contributed by atoms with Crippen molar-refractivity contribution in [1.82, 2.24) is 29.5 Å². The predicted octanol–water partition coefficient (Wildman–Crippen LogP) is 3.61. The van der Waals surface area contributed by atoms with Gasteiger partial charge < -0.3 is 15.5 Å². The van der Waals surface area contributed by atoms with Gasteiger partial charge in [-0.05, 0) is 56.9 Å². The molecule has 11 heteroatoms. The number of halogens is 1. The maximum Gasteiger partial charge on any atom is 0.250 e. The molecule has 0 spiro atoms. The van der Waals surface area contributed by atoms with Gasteiger partial charge in [0.15, 0.2) is 5.82 Å². The Bertz CT molecular complexity index is 1360. The van der Waals surface area contributed by atoms with Crippen LogP contribution >= 0.6 is 0 Å². The molecule has 10 nitrogen and oxygen atoms in total. The number of carbonyl (C=O) groups is 1. The maximum absolute atomic E-state index is 13.3. The van der Waals surface area contributed by atoms with Crippen molar-refractivity contribution in [3.05, 3.63) is 54.4 Å². The van der Waals surface area contributed by atoms with Gasteiger partial charge in [0.05, 0.1) is 11.9 Å². The van der Waals surface area contributed by atoms with Crippen LogP contribution in [0.2, 0.25) is 0 Å². The molecule has 34 heavy (non-hydrogen) atoms. The third-order valence-corrected chi connectivity index (χ3v) is 6.59. The van der Waals surface area contributed by atoms with Crippen LogP contribution in [-0.2, 0) is 4.79 Å². The van der Waals surface area contributed by atoms with Crippen LogP contribution in [0.5, 0.6) is 0 Å². The second-order valence-corrected chi connectivity index (χ2v) is 9.04. The summed E-state index contributed by atoms with van der Waals surface area (Å²) in [6.07, 6.45) is 7.01. The number of pyridine rings is 1. The Hall–Kier alpha value is -4.02. The number of rotatable bonds is 6. The van der Waals surface area contributed by atoms with E-state index in [0.29, 0.717) is 47.9 Å². The lowest BCUT2D eigenvalue weighted by atomic mass is 9.97. The predicted molar refractivity (Wildman–Crippen MR) is 125 cm³/mol. The molecule has 5 heterocycles. The quantitative estimate of drug-likeness (QED) is 0.376. The number of aromatic nitrogens is 6. The average Bonchev–Trinajstić information content (AvgIpc) is 3.20. The van der Waals surface area contributed by atoms with Crippen molar-refractivity contribution in [3.8, 4) is 0 Å². The molecule has 1 saturated heterocycles. The first-order chi connectivity index (χ1) is 16.5. The smallest absolute Gasteiger partial charge is 0.250 e. The molecule has 1 atom stereocenters. The van der Waals surface area contributed by atoms with Gasteiger partial charge in [-0.3, -0.25) is 14.3 Å². The number of hydrogen-bond acceptors (Lipinski definition) is 7. The number of aromatic amines is 1. The molecule has 1 saturated carbocycles. The normalized spacial score (nSPS) is 20.1. The van der Waals surface area contributed by atoms with Crippen LogP contribution in [-0.4, -0.2) is 47.5 Å². The van der Waals surface area contributed by atoms with E-state index in [1.165, 1.54) is 31.2 Å². The summed E-state index contributed by atoms with van der Waals surface area (Å²) in [7, 11) is 0. The van der Waals surface area contributed by atoms with Gasteiger partial charge in [0.25, 0.3) is 0 Å². The van der Waals surface area contributed by atoms with Crippen LogP contribution in [0.1, 0.15) is 44.2 Å². The van der Waals surface area contributed by atoms with Crippen molar-refractivity contribution in [2.45, 2.75) is 44.1 Å². The van der Waals surface area contributed by atoms with Gasteiger partial charge in [0.2, 0.25) is 23.8 Å². The number of nitrogens with zero attached hydrogens (tertiary/aromatic N) is 6. The Morgan fingerprint density at radius 3 is 2.94 bits per heavy atom. The minimum absolute atomic E-state index is 0.215. The van der Waals surface area contributed by atoms with Gasteiger partial charge in [-0.15, -0.1) is 0 Å². The van der Waals surface area contributed by atoms with E-state index in [2.05, 4.69) is 25.8 Å². The largest absolute Gasteiger partial charge is 0.326 e. The summed E-state index contributed by atoms with van der Waals surface area (Å²) in [5, 5.41) is 13.6. The molecular formula is C23H24FN9O. The highest BCUT2D eigenvalue weighted by Gasteiger charge is 2.45. The monoisotopic (exact) mass is 461 g/mol. The highest BCUT2D eigenvalue weighted by Crippen LogP contribution is 2.40. The first kappa shape index (κ1) is 20.6. The van der Waals surface area contributed by atoms with Crippen molar-refractivity contribution in [2.24, 2.45) is 0 Å². The molecule has 6 rings (SSSR count). The highest BCUT2D eigenvalue weighted by molar-refractivity contribution is 6.00. The summed E-state index contributed by atoms with van der Waals surface area (Å²) >= 11 is 0. The molecule has 1 aliphatic carbocycles. The van der Waals surface area contributed by atoms with Gasteiger partial charge in [-0.2, -0.15) is 19.5 Å². The van der Waals surface area contributed by atoms with Crippen LogP contribution in [0.4, 0.5) is 27.8 Å². The summed E-state index contributed by atoms with van der Waals surface area (Å²) in [6, 6.07) is 8.52. The first-order valence-electron chi connectivity index (χ1n) is 11.4. The molecular weight excluding hydrogens is 437 g/mol. The number of nitrogens with one attached hydrogen (secondary N) is 3. The van der Waals surface area contributed by atoms with Gasteiger partial charge >= 0.3 is 0 Å². The van der Waals surface area contributed by atoms with Crippen molar-refractivity contribution >= 4 is 35.0 Å². The molecule has 174 valence electrons. The van der Waals surface area contributed by atoms with Crippen molar-refractivity contribution < 1.29 is 9.18 Å². The van der Waals surface area contributed by atoms with E-state index in [0.717, 1.165) is 12.1 Å². The number of amides is 1. The first-order valence-corrected chi connectivity index (χ1v) is 11.4. The highest BCUT2D eigenvalue weighted by atomic mass is 19.1. The molecule has 1 amide bonds. The van der Waals surface area contributed by atoms with Crippen LogP contribution in [0.3, 0.4) is 0 Å². The summed E-state index contributed by atoms with van der Waals surface area (Å²) in [5.74, 6) is 1.47. The van der Waals surface area contributed by atoms with Crippen LogP contribution in [0.15, 0.2) is 42.7 Å². The van der Waals surface area contributed by atoms with E-state index < -0.39 is 11.5 Å². The number of hydrogen-bond donors (Lipinski definition) is 3. The minimum atomic E-state index is -0.873. The second-order valence-electron chi connectivity index (χ2n) is 9.04. The van der Waals surface area contributed by atoms with Crippen LogP contribution < -0.4 is 15.5 Å². The molecule has 0 bridgehead atoms.